The molecule has 23 heavy (non-hydrogen) atoms. The molecule has 4 rings (SSSR count). The van der Waals surface area contributed by atoms with Crippen LogP contribution < -0.4 is 9.64 Å². The number of rotatable bonds is 4. The van der Waals surface area contributed by atoms with E-state index in [2.05, 4.69) is 25.5 Å². The Hall–Kier alpha value is -2.70. The van der Waals surface area contributed by atoms with E-state index in [1.807, 2.05) is 42.5 Å². The number of piperidine rings is 1. The van der Waals surface area contributed by atoms with E-state index in [1.54, 1.807) is 0 Å². The van der Waals surface area contributed by atoms with E-state index in [0.29, 0.717) is 11.6 Å². The van der Waals surface area contributed by atoms with Gasteiger partial charge in [-0.3, -0.25) is 0 Å². The highest BCUT2D eigenvalue weighted by Crippen LogP contribution is 2.22. The van der Waals surface area contributed by atoms with Gasteiger partial charge in [0.05, 0.1) is 6.61 Å². The number of fused-ring (bicyclic) bond motifs is 1. The zero-order valence-corrected chi connectivity index (χ0v) is 12.7. The number of tetrazole rings is 1. The zero-order valence-electron chi connectivity index (χ0n) is 12.7. The topological polar surface area (TPSA) is 68.4 Å². The second-order valence-electron chi connectivity index (χ2n) is 5.80. The van der Waals surface area contributed by atoms with E-state index in [1.165, 1.54) is 11.1 Å². The Kier molecular flexibility index (Phi) is 3.75. The van der Waals surface area contributed by atoms with Gasteiger partial charge in [0.25, 0.3) is 0 Å². The minimum absolute atomic E-state index is 0.496. The highest BCUT2D eigenvalue weighted by molar-refractivity contribution is 5.44. The van der Waals surface area contributed by atoms with Crippen molar-refractivity contribution in [2.24, 2.45) is 5.92 Å². The normalized spacial score (nSPS) is 18.3. The number of hydrogen-bond donors (Lipinski definition) is 0. The highest BCUT2D eigenvalue weighted by atomic mass is 16.5. The molecule has 118 valence electrons. The second-order valence-corrected chi connectivity index (χ2v) is 5.80. The summed E-state index contributed by atoms with van der Waals surface area (Å²) in [6, 6.07) is 13.8. The predicted octanol–water partition coefficient (Wildman–Crippen LogP) is 1.81. The van der Waals surface area contributed by atoms with Gasteiger partial charge >= 0.3 is 0 Å². The van der Waals surface area contributed by atoms with Crippen LogP contribution in [0.15, 0.2) is 42.5 Å². The van der Waals surface area contributed by atoms with Crippen molar-refractivity contribution >= 4 is 11.5 Å². The Labute approximate surface area is 133 Å². The van der Waals surface area contributed by atoms with Crippen LogP contribution in [0, 0.1) is 5.92 Å². The average Bonchev–Trinajstić information content (AvgIpc) is 3.09. The van der Waals surface area contributed by atoms with Crippen LogP contribution in [-0.2, 0) is 0 Å². The van der Waals surface area contributed by atoms with Crippen molar-refractivity contribution in [1.82, 2.24) is 25.3 Å². The van der Waals surface area contributed by atoms with Crippen LogP contribution in [0.3, 0.4) is 0 Å². The van der Waals surface area contributed by atoms with Gasteiger partial charge in [-0.25, -0.2) is 0 Å². The molecule has 3 aromatic rings. The van der Waals surface area contributed by atoms with Crippen molar-refractivity contribution in [2.45, 2.75) is 12.8 Å². The molecule has 1 aliphatic heterocycles. The summed E-state index contributed by atoms with van der Waals surface area (Å²) in [5.74, 6) is 2.34. The second kappa shape index (κ2) is 6.20. The van der Waals surface area contributed by atoms with Crippen molar-refractivity contribution in [1.29, 1.82) is 0 Å². The first-order valence-electron chi connectivity index (χ1n) is 7.87. The monoisotopic (exact) mass is 310 g/mol. The van der Waals surface area contributed by atoms with Gasteiger partial charge in [0.1, 0.15) is 5.75 Å². The van der Waals surface area contributed by atoms with Gasteiger partial charge in [-0.15, -0.1) is 14.8 Å². The minimum atomic E-state index is 0.496. The van der Waals surface area contributed by atoms with Crippen LogP contribution in [0.1, 0.15) is 12.8 Å². The Bertz CT molecular complexity index is 774. The molecule has 2 aromatic heterocycles. The number of para-hydroxylation sites is 1. The van der Waals surface area contributed by atoms with Crippen LogP contribution in [0.5, 0.6) is 5.75 Å². The average molecular weight is 310 g/mol. The van der Waals surface area contributed by atoms with E-state index >= 15 is 0 Å². The maximum Gasteiger partial charge on any atom is 0.200 e. The molecule has 7 nitrogen and oxygen atoms in total. The van der Waals surface area contributed by atoms with Crippen molar-refractivity contribution in [3.63, 3.8) is 0 Å². The summed E-state index contributed by atoms with van der Waals surface area (Å²) in [7, 11) is 0. The van der Waals surface area contributed by atoms with Crippen molar-refractivity contribution in [3.8, 4) is 5.75 Å². The molecule has 0 N–H and O–H groups in total. The fraction of sp³-hybridized carbons (Fsp3) is 0.375. The molecule has 3 heterocycles. The van der Waals surface area contributed by atoms with Crippen molar-refractivity contribution in [2.75, 3.05) is 24.6 Å². The number of ether oxygens (including phenoxy) is 1. The fourth-order valence-corrected chi connectivity index (χ4v) is 2.95. The molecular weight excluding hydrogens is 292 g/mol. The summed E-state index contributed by atoms with van der Waals surface area (Å²) in [5, 5.41) is 15.9. The third kappa shape index (κ3) is 3.08. The van der Waals surface area contributed by atoms with Crippen LogP contribution in [0.25, 0.3) is 5.65 Å². The van der Waals surface area contributed by atoms with Gasteiger partial charge in [-0.1, -0.05) is 18.2 Å². The van der Waals surface area contributed by atoms with E-state index in [4.69, 9.17) is 4.74 Å². The molecule has 0 aliphatic carbocycles. The Balaban J connectivity index is 1.42. The molecule has 0 saturated carbocycles. The molecule has 7 heteroatoms. The van der Waals surface area contributed by atoms with Crippen LogP contribution in [-0.4, -0.2) is 45.0 Å². The molecule has 1 atom stereocenters. The summed E-state index contributed by atoms with van der Waals surface area (Å²) in [6.45, 7) is 2.67. The molecule has 1 saturated heterocycles. The quantitative estimate of drug-likeness (QED) is 0.732. The molecule has 1 aliphatic rings. The number of nitrogens with zero attached hydrogens (tertiary/aromatic N) is 6. The van der Waals surface area contributed by atoms with Gasteiger partial charge in [-0.05, 0) is 47.5 Å². The number of aromatic nitrogens is 5. The van der Waals surface area contributed by atoms with E-state index in [-0.39, 0.29) is 0 Å². The molecule has 0 radical (unpaired) electrons. The molecule has 0 spiro atoms. The largest absolute Gasteiger partial charge is 0.493 e. The van der Waals surface area contributed by atoms with Crippen LogP contribution in [0.4, 0.5) is 5.82 Å². The van der Waals surface area contributed by atoms with E-state index < -0.39 is 0 Å². The summed E-state index contributed by atoms with van der Waals surface area (Å²) in [6.07, 6.45) is 2.31. The zero-order chi connectivity index (χ0) is 15.5. The summed E-state index contributed by atoms with van der Waals surface area (Å²) in [5.41, 5.74) is 0.662. The van der Waals surface area contributed by atoms with Crippen molar-refractivity contribution < 1.29 is 4.74 Å². The first-order chi connectivity index (χ1) is 11.4. The molecule has 0 amide bonds. The third-order valence-electron chi connectivity index (χ3n) is 4.13. The third-order valence-corrected chi connectivity index (χ3v) is 4.13. The number of benzene rings is 1. The lowest BCUT2D eigenvalue weighted by atomic mass is 9.99. The standard InChI is InChI=1S/C16H18N6O/c1-2-6-14(7-3-1)23-12-13-5-4-10-21(11-13)16-9-8-15-17-19-20-22(15)18-16/h1-3,6-9,13H,4-5,10-12H2. The van der Waals surface area contributed by atoms with Gasteiger partial charge in [0.2, 0.25) is 0 Å². The smallest absolute Gasteiger partial charge is 0.200 e. The molecule has 0 bridgehead atoms. The summed E-state index contributed by atoms with van der Waals surface area (Å²) >= 11 is 0. The lowest BCUT2D eigenvalue weighted by molar-refractivity contribution is 0.228. The Morgan fingerprint density at radius 2 is 2.04 bits per heavy atom. The van der Waals surface area contributed by atoms with Crippen LogP contribution >= 0.6 is 0 Å². The van der Waals surface area contributed by atoms with Crippen LogP contribution in [0.2, 0.25) is 0 Å². The first-order valence-corrected chi connectivity index (χ1v) is 7.87. The molecule has 1 fully saturated rings. The number of anilines is 1. The van der Waals surface area contributed by atoms with Crippen molar-refractivity contribution in [3.05, 3.63) is 42.5 Å². The summed E-state index contributed by atoms with van der Waals surface area (Å²) < 4.78 is 7.37. The maximum absolute atomic E-state index is 5.90. The maximum atomic E-state index is 5.90. The fourth-order valence-electron chi connectivity index (χ4n) is 2.95. The van der Waals surface area contributed by atoms with E-state index in [9.17, 15) is 0 Å². The predicted molar refractivity (Wildman–Crippen MR) is 85.5 cm³/mol. The minimum Gasteiger partial charge on any atom is -0.493 e. The van der Waals surface area contributed by atoms with Gasteiger partial charge in [0, 0.05) is 19.0 Å². The molecule has 1 aromatic carbocycles. The molecular formula is C16H18N6O. The lowest BCUT2D eigenvalue weighted by Crippen LogP contribution is -2.38. The van der Waals surface area contributed by atoms with Gasteiger partial charge in [0.15, 0.2) is 11.5 Å². The first kappa shape index (κ1) is 13.9. The number of hydrogen-bond acceptors (Lipinski definition) is 6. The van der Waals surface area contributed by atoms with E-state index in [0.717, 1.165) is 37.7 Å². The Morgan fingerprint density at radius 3 is 2.96 bits per heavy atom. The SMILES string of the molecule is c1ccc(OCC2CCCN(c3ccc4nnnn4n3)C2)cc1. The van der Waals surface area contributed by atoms with Gasteiger partial charge in [-0.2, -0.15) is 0 Å². The van der Waals surface area contributed by atoms with Gasteiger partial charge < -0.3 is 9.64 Å². The lowest BCUT2D eigenvalue weighted by Gasteiger charge is -2.33. The Morgan fingerprint density at radius 1 is 1.13 bits per heavy atom. The highest BCUT2D eigenvalue weighted by Gasteiger charge is 2.22. The summed E-state index contributed by atoms with van der Waals surface area (Å²) in [4.78, 5) is 2.28. The molecule has 1 unspecified atom stereocenters.